The molecule has 4 aromatic rings. The monoisotopic (exact) mass is 396 g/mol. The summed E-state index contributed by atoms with van der Waals surface area (Å²) in [6.45, 7) is 2.32. The number of para-hydroxylation sites is 1. The molecule has 1 N–H and O–H groups in total. The van der Waals surface area contributed by atoms with Crippen LogP contribution in [-0.4, -0.2) is 20.4 Å². The fourth-order valence-corrected chi connectivity index (χ4v) is 4.32. The normalized spacial score (nSPS) is 11.0. The quantitative estimate of drug-likeness (QED) is 0.555. The molecule has 1 aromatic carbocycles. The zero-order chi connectivity index (χ0) is 18.8. The molecule has 0 saturated heterocycles. The van der Waals surface area contributed by atoms with Gasteiger partial charge in [-0.3, -0.25) is 14.2 Å². The predicted octanol–water partition coefficient (Wildman–Crippen LogP) is 3.92. The Bertz CT molecular complexity index is 1180. The van der Waals surface area contributed by atoms with Crippen LogP contribution < -0.4 is 10.9 Å². The first kappa shape index (κ1) is 17.6. The molecular weight excluding hydrogens is 380 g/mol. The van der Waals surface area contributed by atoms with Gasteiger partial charge in [0.25, 0.3) is 5.56 Å². The number of aryl methyl sites for hydroxylation is 2. The number of carbonyl (C=O) groups excluding carboxylic acids is 1. The van der Waals surface area contributed by atoms with Gasteiger partial charge in [-0.15, -0.1) is 22.7 Å². The molecule has 0 atom stereocenters. The summed E-state index contributed by atoms with van der Waals surface area (Å²) in [6, 6.07) is 11.3. The maximum Gasteiger partial charge on any atom is 0.261 e. The molecule has 0 aliphatic carbocycles. The second kappa shape index (κ2) is 7.42. The van der Waals surface area contributed by atoms with Crippen molar-refractivity contribution in [3.63, 3.8) is 0 Å². The van der Waals surface area contributed by atoms with Gasteiger partial charge in [0.05, 0.1) is 27.8 Å². The largest absolute Gasteiger partial charge is 0.302 e. The third kappa shape index (κ3) is 3.81. The molecule has 3 aromatic heterocycles. The van der Waals surface area contributed by atoms with Crippen LogP contribution in [0.5, 0.6) is 0 Å². The van der Waals surface area contributed by atoms with Crippen LogP contribution in [0.2, 0.25) is 0 Å². The number of thiazole rings is 1. The van der Waals surface area contributed by atoms with Gasteiger partial charge in [0, 0.05) is 23.2 Å². The lowest BCUT2D eigenvalue weighted by Crippen LogP contribution is -2.23. The van der Waals surface area contributed by atoms with E-state index in [4.69, 9.17) is 0 Å². The summed E-state index contributed by atoms with van der Waals surface area (Å²) in [5.74, 6) is -0.182. The Hall–Kier alpha value is -2.84. The molecule has 8 heteroatoms. The number of rotatable bonds is 5. The number of nitrogens with zero attached hydrogens (tertiary/aromatic N) is 3. The summed E-state index contributed by atoms with van der Waals surface area (Å²) in [6.07, 6.45) is 1.66. The molecule has 0 fully saturated rings. The van der Waals surface area contributed by atoms with E-state index in [-0.39, 0.29) is 24.4 Å². The molecule has 1 amide bonds. The van der Waals surface area contributed by atoms with Gasteiger partial charge >= 0.3 is 0 Å². The molecule has 0 radical (unpaired) electrons. The van der Waals surface area contributed by atoms with Crippen LogP contribution in [0, 0.1) is 6.92 Å². The summed E-state index contributed by atoms with van der Waals surface area (Å²) in [7, 11) is 0. The lowest BCUT2D eigenvalue weighted by atomic mass is 10.2. The van der Waals surface area contributed by atoms with E-state index < -0.39 is 0 Å². The third-order valence-electron chi connectivity index (χ3n) is 4.05. The fourth-order valence-electron chi connectivity index (χ4n) is 2.69. The molecule has 136 valence electrons. The van der Waals surface area contributed by atoms with Crippen molar-refractivity contribution in [2.45, 2.75) is 19.9 Å². The summed E-state index contributed by atoms with van der Waals surface area (Å²) < 4.78 is 1.46. The number of benzene rings is 1. The van der Waals surface area contributed by atoms with Crippen molar-refractivity contribution >= 4 is 44.6 Å². The van der Waals surface area contributed by atoms with Gasteiger partial charge in [0.2, 0.25) is 5.91 Å². The van der Waals surface area contributed by atoms with Gasteiger partial charge in [0.1, 0.15) is 0 Å². The number of carbonyl (C=O) groups is 1. The maximum absolute atomic E-state index is 12.4. The second-order valence-electron chi connectivity index (χ2n) is 6.01. The van der Waals surface area contributed by atoms with Gasteiger partial charge in [0.15, 0.2) is 5.13 Å². The predicted molar refractivity (Wildman–Crippen MR) is 109 cm³/mol. The number of amides is 1. The van der Waals surface area contributed by atoms with Crippen LogP contribution >= 0.6 is 22.7 Å². The molecule has 0 saturated carbocycles. The molecule has 6 nitrogen and oxygen atoms in total. The van der Waals surface area contributed by atoms with Crippen LogP contribution in [0.15, 0.2) is 52.9 Å². The van der Waals surface area contributed by atoms with Crippen molar-refractivity contribution in [1.29, 1.82) is 0 Å². The van der Waals surface area contributed by atoms with Crippen molar-refractivity contribution in [2.24, 2.45) is 0 Å². The van der Waals surface area contributed by atoms with E-state index in [2.05, 4.69) is 15.3 Å². The van der Waals surface area contributed by atoms with Gasteiger partial charge in [-0.25, -0.2) is 9.97 Å². The van der Waals surface area contributed by atoms with E-state index >= 15 is 0 Å². The highest BCUT2D eigenvalue weighted by molar-refractivity contribution is 7.17. The van der Waals surface area contributed by atoms with Gasteiger partial charge in [-0.05, 0) is 31.2 Å². The van der Waals surface area contributed by atoms with Crippen LogP contribution in [0.1, 0.15) is 11.3 Å². The standard InChI is InChI=1S/C19H16N4O2S2/c1-12-6-7-16(27-12)15-10-26-19(21-15)22-17(24)8-9-23-11-20-14-5-3-2-4-13(14)18(23)25/h2-7,10-11H,8-9H2,1H3,(H,21,22,24). The van der Waals surface area contributed by atoms with Crippen molar-refractivity contribution in [1.82, 2.24) is 14.5 Å². The first-order valence-corrected chi connectivity index (χ1v) is 10.1. The number of nitrogens with one attached hydrogen (secondary N) is 1. The van der Waals surface area contributed by atoms with Gasteiger partial charge in [-0.2, -0.15) is 0 Å². The van der Waals surface area contributed by atoms with Gasteiger partial charge < -0.3 is 5.32 Å². The third-order valence-corrected chi connectivity index (χ3v) is 5.84. The van der Waals surface area contributed by atoms with E-state index in [1.807, 2.05) is 30.5 Å². The SMILES string of the molecule is Cc1ccc(-c2csc(NC(=O)CCn3cnc4ccccc4c3=O)n2)s1. The molecule has 27 heavy (non-hydrogen) atoms. The first-order chi connectivity index (χ1) is 13.1. The van der Waals surface area contributed by atoms with Crippen LogP contribution in [0.4, 0.5) is 5.13 Å². The molecule has 0 bridgehead atoms. The van der Waals surface area contributed by atoms with Crippen LogP contribution in [-0.2, 0) is 11.3 Å². The molecule has 3 heterocycles. The topological polar surface area (TPSA) is 76.9 Å². The summed E-state index contributed by atoms with van der Waals surface area (Å²) in [4.78, 5) is 35.7. The van der Waals surface area contributed by atoms with Crippen molar-refractivity contribution < 1.29 is 4.79 Å². The minimum Gasteiger partial charge on any atom is -0.302 e. The number of aromatic nitrogens is 3. The molecule has 4 rings (SSSR count). The molecule has 0 spiro atoms. The van der Waals surface area contributed by atoms with Crippen LogP contribution in [0.25, 0.3) is 21.5 Å². The summed E-state index contributed by atoms with van der Waals surface area (Å²) in [5, 5.41) is 5.84. The highest BCUT2D eigenvalue weighted by Crippen LogP contribution is 2.30. The number of fused-ring (bicyclic) bond motifs is 1. The molecular formula is C19H16N4O2S2. The molecule has 0 aliphatic rings. The molecule has 0 aliphatic heterocycles. The Balaban J connectivity index is 1.41. The first-order valence-electron chi connectivity index (χ1n) is 8.36. The maximum atomic E-state index is 12.4. The summed E-state index contributed by atoms with van der Waals surface area (Å²) in [5.41, 5.74) is 1.38. The zero-order valence-electron chi connectivity index (χ0n) is 14.5. The number of thiophene rings is 1. The van der Waals surface area contributed by atoms with E-state index in [0.717, 1.165) is 10.6 Å². The highest BCUT2D eigenvalue weighted by Gasteiger charge is 2.10. The van der Waals surface area contributed by atoms with E-state index in [1.54, 1.807) is 29.5 Å². The second-order valence-corrected chi connectivity index (χ2v) is 8.15. The number of hydrogen-bond donors (Lipinski definition) is 1. The van der Waals surface area contributed by atoms with Gasteiger partial charge in [-0.1, -0.05) is 12.1 Å². The number of anilines is 1. The molecule has 0 unspecified atom stereocenters. The Morgan fingerprint density at radius 3 is 2.89 bits per heavy atom. The van der Waals surface area contributed by atoms with Crippen molar-refractivity contribution in [2.75, 3.05) is 5.32 Å². The highest BCUT2D eigenvalue weighted by atomic mass is 32.1. The van der Waals surface area contributed by atoms with Crippen molar-refractivity contribution in [3.05, 3.63) is 63.3 Å². The number of hydrogen-bond acceptors (Lipinski definition) is 6. The zero-order valence-corrected chi connectivity index (χ0v) is 16.1. The lowest BCUT2D eigenvalue weighted by Gasteiger charge is -2.06. The minimum absolute atomic E-state index is 0.141. The van der Waals surface area contributed by atoms with Crippen molar-refractivity contribution in [3.8, 4) is 10.6 Å². The fraction of sp³-hybridized carbons (Fsp3) is 0.158. The van der Waals surface area contributed by atoms with E-state index in [1.165, 1.54) is 27.1 Å². The smallest absolute Gasteiger partial charge is 0.261 e. The van der Waals surface area contributed by atoms with E-state index in [0.29, 0.717) is 16.0 Å². The van der Waals surface area contributed by atoms with E-state index in [9.17, 15) is 9.59 Å². The Labute approximate surface area is 163 Å². The van der Waals surface area contributed by atoms with Crippen LogP contribution in [0.3, 0.4) is 0 Å². The average molecular weight is 396 g/mol. The lowest BCUT2D eigenvalue weighted by molar-refractivity contribution is -0.116. The summed E-state index contributed by atoms with van der Waals surface area (Å²) >= 11 is 3.06. The Kier molecular flexibility index (Phi) is 4.83. The Morgan fingerprint density at radius 1 is 1.22 bits per heavy atom. The average Bonchev–Trinajstić information content (AvgIpc) is 3.30. The minimum atomic E-state index is -0.182. The Morgan fingerprint density at radius 2 is 2.07 bits per heavy atom.